The normalized spacial score (nSPS) is 36.1. The van der Waals surface area contributed by atoms with E-state index in [0.717, 1.165) is 51.4 Å². The number of esters is 2. The molecular weight excluding hydrogens is 280 g/mol. The molecule has 0 radical (unpaired) electrons. The Labute approximate surface area is 132 Å². The first-order valence-corrected chi connectivity index (χ1v) is 8.93. The molecule has 4 unspecified atom stereocenters. The zero-order valence-corrected chi connectivity index (χ0v) is 13.8. The highest BCUT2D eigenvalue weighted by Gasteiger charge is 2.52. The maximum Gasteiger partial charge on any atom is 0.309 e. The molecule has 0 spiro atoms. The number of ether oxygens (including phenoxy) is 2. The molecule has 22 heavy (non-hydrogen) atoms. The second kappa shape index (κ2) is 6.21. The lowest BCUT2D eigenvalue weighted by atomic mass is 9.82. The summed E-state index contributed by atoms with van der Waals surface area (Å²) in [6.07, 6.45) is 9.27. The number of rotatable bonds is 4. The predicted octanol–water partition coefficient (Wildman–Crippen LogP) is 3.62. The largest absolute Gasteiger partial charge is 0.462 e. The maximum atomic E-state index is 12.7. The molecule has 0 amide bonds. The van der Waals surface area contributed by atoms with Gasteiger partial charge in [-0.25, -0.2) is 0 Å². The highest BCUT2D eigenvalue weighted by Crippen LogP contribution is 2.51. The summed E-state index contributed by atoms with van der Waals surface area (Å²) < 4.78 is 11.5. The number of carbonyl (C=O) groups excluding carboxylic acids is 2. The minimum Gasteiger partial charge on any atom is -0.462 e. The number of carbonyl (C=O) groups is 2. The fraction of sp³-hybridized carbons (Fsp3) is 0.889. The third kappa shape index (κ3) is 3.02. The standard InChI is InChI=1S/C18H28O4/c1-3-18(7-5-4-6-8-18)22-17(20)15-10-13-9-14(15)16(11-13)21-12(2)19/h13-16H,3-11H2,1-2H3. The number of hydrogen-bond acceptors (Lipinski definition) is 4. The molecule has 3 saturated carbocycles. The van der Waals surface area contributed by atoms with Gasteiger partial charge in [-0.15, -0.1) is 0 Å². The zero-order chi connectivity index (χ0) is 15.7. The molecule has 4 nitrogen and oxygen atoms in total. The molecular formula is C18H28O4. The van der Waals surface area contributed by atoms with Crippen LogP contribution in [0.1, 0.15) is 71.6 Å². The van der Waals surface area contributed by atoms with E-state index in [1.54, 1.807) is 0 Å². The van der Waals surface area contributed by atoms with Crippen LogP contribution in [0, 0.1) is 17.8 Å². The summed E-state index contributed by atoms with van der Waals surface area (Å²) in [5.74, 6) is 0.373. The lowest BCUT2D eigenvalue weighted by Gasteiger charge is -2.38. The molecule has 0 N–H and O–H groups in total. The van der Waals surface area contributed by atoms with E-state index in [1.165, 1.54) is 13.3 Å². The summed E-state index contributed by atoms with van der Waals surface area (Å²) in [5, 5.41) is 0. The van der Waals surface area contributed by atoms with Gasteiger partial charge >= 0.3 is 11.9 Å². The van der Waals surface area contributed by atoms with Crippen LogP contribution >= 0.6 is 0 Å². The number of fused-ring (bicyclic) bond motifs is 2. The van der Waals surface area contributed by atoms with Gasteiger partial charge in [-0.05, 0) is 57.3 Å². The Balaban J connectivity index is 1.64. The van der Waals surface area contributed by atoms with Crippen LogP contribution < -0.4 is 0 Å². The molecule has 124 valence electrons. The molecule has 4 atom stereocenters. The Morgan fingerprint density at radius 2 is 1.82 bits per heavy atom. The van der Waals surface area contributed by atoms with Crippen molar-refractivity contribution in [3.8, 4) is 0 Å². The Bertz CT molecular complexity index is 438. The van der Waals surface area contributed by atoms with Gasteiger partial charge in [-0.1, -0.05) is 13.3 Å². The first kappa shape index (κ1) is 15.8. The minimum atomic E-state index is -0.234. The van der Waals surface area contributed by atoms with Crippen molar-refractivity contribution in [3.05, 3.63) is 0 Å². The molecule has 0 aliphatic heterocycles. The van der Waals surface area contributed by atoms with Crippen molar-refractivity contribution in [3.63, 3.8) is 0 Å². The maximum absolute atomic E-state index is 12.7. The van der Waals surface area contributed by atoms with Crippen LogP contribution in [-0.4, -0.2) is 23.6 Å². The van der Waals surface area contributed by atoms with E-state index in [9.17, 15) is 9.59 Å². The average molecular weight is 308 g/mol. The summed E-state index contributed by atoms with van der Waals surface area (Å²) >= 11 is 0. The molecule has 3 rings (SSSR count). The van der Waals surface area contributed by atoms with Crippen molar-refractivity contribution in [2.45, 2.75) is 83.3 Å². The van der Waals surface area contributed by atoms with Gasteiger partial charge in [-0.3, -0.25) is 9.59 Å². The molecule has 3 aliphatic rings. The van der Waals surface area contributed by atoms with Crippen LogP contribution in [0.25, 0.3) is 0 Å². The second-order valence-electron chi connectivity index (χ2n) is 7.51. The van der Waals surface area contributed by atoms with Crippen LogP contribution in [0.15, 0.2) is 0 Å². The van der Waals surface area contributed by atoms with Crippen LogP contribution in [0.3, 0.4) is 0 Å². The van der Waals surface area contributed by atoms with Crippen LogP contribution in [0.4, 0.5) is 0 Å². The monoisotopic (exact) mass is 308 g/mol. The molecule has 4 heteroatoms. The van der Waals surface area contributed by atoms with Gasteiger partial charge in [0.05, 0.1) is 5.92 Å². The summed E-state index contributed by atoms with van der Waals surface area (Å²) in [7, 11) is 0. The van der Waals surface area contributed by atoms with Gasteiger partial charge in [0.15, 0.2) is 0 Å². The van der Waals surface area contributed by atoms with Crippen LogP contribution in [0.2, 0.25) is 0 Å². The van der Waals surface area contributed by atoms with Gasteiger partial charge in [-0.2, -0.15) is 0 Å². The number of hydrogen-bond donors (Lipinski definition) is 0. The van der Waals surface area contributed by atoms with E-state index in [0.29, 0.717) is 5.92 Å². The van der Waals surface area contributed by atoms with Crippen molar-refractivity contribution >= 4 is 11.9 Å². The lowest BCUT2D eigenvalue weighted by molar-refractivity contribution is -0.175. The molecule has 3 aliphatic carbocycles. The van der Waals surface area contributed by atoms with Crippen molar-refractivity contribution < 1.29 is 19.1 Å². The quantitative estimate of drug-likeness (QED) is 0.744. The average Bonchev–Trinajstić information content (AvgIpc) is 3.07. The Hall–Kier alpha value is -1.06. The van der Waals surface area contributed by atoms with Gasteiger partial charge in [0, 0.05) is 12.8 Å². The van der Waals surface area contributed by atoms with E-state index in [2.05, 4.69) is 6.92 Å². The molecule has 3 fully saturated rings. The van der Waals surface area contributed by atoms with Gasteiger partial charge < -0.3 is 9.47 Å². The van der Waals surface area contributed by atoms with Crippen LogP contribution in [-0.2, 0) is 19.1 Å². The molecule has 0 aromatic rings. The molecule has 0 aromatic heterocycles. The summed E-state index contributed by atoms with van der Waals surface area (Å²) in [6, 6.07) is 0. The lowest BCUT2D eigenvalue weighted by Crippen LogP contribution is -2.41. The van der Waals surface area contributed by atoms with Gasteiger partial charge in [0.2, 0.25) is 0 Å². The Morgan fingerprint density at radius 1 is 1.09 bits per heavy atom. The van der Waals surface area contributed by atoms with E-state index in [4.69, 9.17) is 9.47 Å². The molecule has 0 saturated heterocycles. The van der Waals surface area contributed by atoms with Gasteiger partial charge in [0.25, 0.3) is 0 Å². The van der Waals surface area contributed by atoms with Crippen molar-refractivity contribution in [2.24, 2.45) is 17.8 Å². The topological polar surface area (TPSA) is 52.6 Å². The predicted molar refractivity (Wildman–Crippen MR) is 82.1 cm³/mol. The van der Waals surface area contributed by atoms with Gasteiger partial charge in [0.1, 0.15) is 11.7 Å². The van der Waals surface area contributed by atoms with E-state index in [-0.39, 0.29) is 35.5 Å². The third-order valence-electron chi connectivity index (χ3n) is 6.10. The minimum absolute atomic E-state index is 0.0342. The molecule has 0 heterocycles. The fourth-order valence-electron chi connectivity index (χ4n) is 4.92. The van der Waals surface area contributed by atoms with E-state index < -0.39 is 0 Å². The highest BCUT2D eigenvalue weighted by molar-refractivity contribution is 5.74. The summed E-state index contributed by atoms with van der Waals surface area (Å²) in [6.45, 7) is 3.58. The smallest absolute Gasteiger partial charge is 0.309 e. The Kier molecular flexibility index (Phi) is 4.47. The second-order valence-corrected chi connectivity index (χ2v) is 7.51. The third-order valence-corrected chi connectivity index (χ3v) is 6.10. The molecule has 2 bridgehead atoms. The Morgan fingerprint density at radius 3 is 2.41 bits per heavy atom. The molecule has 0 aromatic carbocycles. The SMILES string of the molecule is CCC1(OC(=O)C2CC3CC(OC(C)=O)C2C3)CCCCC1. The first-order valence-electron chi connectivity index (χ1n) is 8.93. The summed E-state index contributed by atoms with van der Waals surface area (Å²) in [5.41, 5.74) is -0.228. The zero-order valence-electron chi connectivity index (χ0n) is 13.8. The highest BCUT2D eigenvalue weighted by atomic mass is 16.6. The van der Waals surface area contributed by atoms with Crippen molar-refractivity contribution in [1.29, 1.82) is 0 Å². The first-order chi connectivity index (χ1) is 10.5. The van der Waals surface area contributed by atoms with Crippen molar-refractivity contribution in [2.75, 3.05) is 0 Å². The van der Waals surface area contributed by atoms with Crippen LogP contribution in [0.5, 0.6) is 0 Å². The van der Waals surface area contributed by atoms with E-state index in [1.807, 2.05) is 0 Å². The van der Waals surface area contributed by atoms with E-state index >= 15 is 0 Å². The summed E-state index contributed by atoms with van der Waals surface area (Å²) in [4.78, 5) is 24.0. The fourth-order valence-corrected chi connectivity index (χ4v) is 4.92. The van der Waals surface area contributed by atoms with Crippen molar-refractivity contribution in [1.82, 2.24) is 0 Å².